The Bertz CT molecular complexity index is 1260. The van der Waals surface area contributed by atoms with Gasteiger partial charge in [0.1, 0.15) is 0 Å². The van der Waals surface area contributed by atoms with Crippen LogP contribution in [-0.4, -0.2) is 40.7 Å². The molecule has 0 saturated carbocycles. The van der Waals surface area contributed by atoms with Gasteiger partial charge >= 0.3 is 5.97 Å². The van der Waals surface area contributed by atoms with Crippen LogP contribution in [0, 0.1) is 0 Å². The molecular formula is C28H26N2O5. The summed E-state index contributed by atoms with van der Waals surface area (Å²) in [7, 11) is 0. The summed E-state index contributed by atoms with van der Waals surface area (Å²) >= 11 is 0. The standard InChI is InChI=1S/C28H26N2O5/c1-28(2,3)29(17-19-10-5-4-6-11-19)24(31)18-35-27(34)20-12-9-13-21(16-20)30-25(32)22-14-7-8-15-23(22)26(30)33/h4-16H,17-18H2,1-3H3. The fraction of sp³-hybridized carbons (Fsp3) is 0.214. The van der Waals surface area contributed by atoms with Gasteiger partial charge in [-0.3, -0.25) is 14.4 Å². The number of rotatable bonds is 6. The van der Waals surface area contributed by atoms with Crippen LogP contribution in [0.5, 0.6) is 0 Å². The van der Waals surface area contributed by atoms with Crippen LogP contribution in [0.25, 0.3) is 0 Å². The Morgan fingerprint density at radius 2 is 1.43 bits per heavy atom. The SMILES string of the molecule is CC(C)(C)N(Cc1ccccc1)C(=O)COC(=O)c1cccc(N2C(=O)c3ccccc3C2=O)c1. The maximum atomic E-state index is 13.0. The third-order valence-electron chi connectivity index (χ3n) is 5.76. The van der Waals surface area contributed by atoms with Crippen LogP contribution >= 0.6 is 0 Å². The Morgan fingerprint density at radius 1 is 0.829 bits per heavy atom. The summed E-state index contributed by atoms with van der Waals surface area (Å²) in [6.07, 6.45) is 0. The number of imide groups is 1. The van der Waals surface area contributed by atoms with E-state index in [0.717, 1.165) is 10.5 Å². The first-order valence-corrected chi connectivity index (χ1v) is 11.3. The molecule has 0 unspecified atom stereocenters. The number of nitrogens with zero attached hydrogens (tertiary/aromatic N) is 2. The highest BCUT2D eigenvalue weighted by molar-refractivity contribution is 6.34. The van der Waals surface area contributed by atoms with E-state index in [2.05, 4.69) is 0 Å². The third kappa shape index (κ3) is 4.99. The number of carbonyl (C=O) groups excluding carboxylic acids is 4. The molecule has 7 heteroatoms. The van der Waals surface area contributed by atoms with Gasteiger partial charge in [-0.05, 0) is 56.7 Å². The second-order valence-electron chi connectivity index (χ2n) is 9.25. The molecule has 0 fully saturated rings. The topological polar surface area (TPSA) is 84.0 Å². The number of esters is 1. The number of hydrogen-bond acceptors (Lipinski definition) is 5. The molecule has 1 aliphatic heterocycles. The number of amides is 3. The monoisotopic (exact) mass is 470 g/mol. The Kier molecular flexibility index (Phi) is 6.51. The average molecular weight is 471 g/mol. The van der Waals surface area contributed by atoms with Crippen LogP contribution < -0.4 is 4.90 Å². The maximum absolute atomic E-state index is 13.0. The Labute approximate surface area is 203 Å². The number of ether oxygens (including phenoxy) is 1. The minimum atomic E-state index is -0.717. The van der Waals surface area contributed by atoms with Crippen molar-refractivity contribution in [2.75, 3.05) is 11.5 Å². The lowest BCUT2D eigenvalue weighted by atomic mass is 10.0. The van der Waals surface area contributed by atoms with Crippen LogP contribution in [0.4, 0.5) is 5.69 Å². The molecule has 4 rings (SSSR count). The summed E-state index contributed by atoms with van der Waals surface area (Å²) in [6, 6.07) is 22.2. The van der Waals surface area contributed by atoms with Crippen LogP contribution in [0.2, 0.25) is 0 Å². The van der Waals surface area contributed by atoms with Gasteiger partial charge in [-0.1, -0.05) is 48.5 Å². The van der Waals surface area contributed by atoms with E-state index in [0.29, 0.717) is 17.7 Å². The van der Waals surface area contributed by atoms with E-state index in [1.165, 1.54) is 12.1 Å². The molecule has 0 atom stereocenters. The highest BCUT2D eigenvalue weighted by Crippen LogP contribution is 2.29. The maximum Gasteiger partial charge on any atom is 0.338 e. The number of anilines is 1. The van der Waals surface area contributed by atoms with Crippen molar-refractivity contribution in [3.8, 4) is 0 Å². The van der Waals surface area contributed by atoms with Gasteiger partial charge in [0.05, 0.1) is 22.4 Å². The first-order valence-electron chi connectivity index (χ1n) is 11.3. The van der Waals surface area contributed by atoms with E-state index in [9.17, 15) is 19.2 Å². The third-order valence-corrected chi connectivity index (χ3v) is 5.76. The quantitative estimate of drug-likeness (QED) is 0.392. The van der Waals surface area contributed by atoms with Gasteiger partial charge in [0.2, 0.25) is 0 Å². The normalized spacial score (nSPS) is 12.9. The molecule has 0 aliphatic carbocycles. The second kappa shape index (κ2) is 9.54. The van der Waals surface area contributed by atoms with Crippen molar-refractivity contribution in [2.24, 2.45) is 0 Å². The lowest BCUT2D eigenvalue weighted by Crippen LogP contribution is -2.46. The molecule has 178 valence electrons. The molecule has 3 amide bonds. The Balaban J connectivity index is 1.46. The summed E-state index contributed by atoms with van der Waals surface area (Å²) in [6.45, 7) is 5.71. The lowest BCUT2D eigenvalue weighted by molar-refractivity contribution is -0.140. The van der Waals surface area contributed by atoms with Crippen LogP contribution in [0.1, 0.15) is 57.4 Å². The molecule has 0 bridgehead atoms. The number of fused-ring (bicyclic) bond motifs is 1. The van der Waals surface area contributed by atoms with Crippen LogP contribution in [-0.2, 0) is 16.1 Å². The van der Waals surface area contributed by atoms with E-state index < -0.39 is 29.9 Å². The van der Waals surface area contributed by atoms with E-state index in [1.807, 2.05) is 51.1 Å². The van der Waals surface area contributed by atoms with Crippen molar-refractivity contribution in [3.05, 3.63) is 101 Å². The van der Waals surface area contributed by atoms with Crippen molar-refractivity contribution in [1.29, 1.82) is 0 Å². The number of hydrogen-bond donors (Lipinski definition) is 0. The molecule has 3 aromatic carbocycles. The molecule has 7 nitrogen and oxygen atoms in total. The van der Waals surface area contributed by atoms with E-state index in [1.54, 1.807) is 41.3 Å². The van der Waals surface area contributed by atoms with Crippen molar-refractivity contribution in [2.45, 2.75) is 32.9 Å². The fourth-order valence-electron chi connectivity index (χ4n) is 3.95. The van der Waals surface area contributed by atoms with Crippen molar-refractivity contribution in [3.63, 3.8) is 0 Å². The first kappa shape index (κ1) is 23.9. The van der Waals surface area contributed by atoms with E-state index in [4.69, 9.17) is 4.74 Å². The molecule has 0 aromatic heterocycles. The Hall–Kier alpha value is -4.26. The first-order chi connectivity index (χ1) is 16.7. The van der Waals surface area contributed by atoms with Crippen LogP contribution in [0.3, 0.4) is 0 Å². The van der Waals surface area contributed by atoms with Crippen molar-refractivity contribution in [1.82, 2.24) is 4.90 Å². The van der Waals surface area contributed by atoms with Gasteiger partial charge in [-0.25, -0.2) is 9.69 Å². The molecule has 3 aromatic rings. The highest BCUT2D eigenvalue weighted by atomic mass is 16.5. The smallest absolute Gasteiger partial charge is 0.338 e. The average Bonchev–Trinajstić information content (AvgIpc) is 3.11. The molecule has 1 heterocycles. The number of carbonyl (C=O) groups is 4. The predicted octanol–water partition coefficient (Wildman–Crippen LogP) is 4.47. The zero-order valence-electron chi connectivity index (χ0n) is 19.9. The summed E-state index contributed by atoms with van der Waals surface area (Å²) in [5, 5.41) is 0. The highest BCUT2D eigenvalue weighted by Gasteiger charge is 2.36. The van der Waals surface area contributed by atoms with Gasteiger partial charge in [0.15, 0.2) is 6.61 Å². The van der Waals surface area contributed by atoms with Crippen molar-refractivity contribution >= 4 is 29.4 Å². The fourth-order valence-corrected chi connectivity index (χ4v) is 3.95. The van der Waals surface area contributed by atoms with Crippen molar-refractivity contribution < 1.29 is 23.9 Å². The van der Waals surface area contributed by atoms with Gasteiger partial charge < -0.3 is 9.64 Å². The molecule has 0 saturated heterocycles. The zero-order valence-corrected chi connectivity index (χ0v) is 19.9. The van der Waals surface area contributed by atoms with E-state index in [-0.39, 0.29) is 17.2 Å². The largest absolute Gasteiger partial charge is 0.452 e. The summed E-state index contributed by atoms with van der Waals surface area (Å²) in [5.41, 5.74) is 1.52. The van der Waals surface area contributed by atoms with Gasteiger partial charge in [-0.15, -0.1) is 0 Å². The van der Waals surface area contributed by atoms with E-state index >= 15 is 0 Å². The minimum absolute atomic E-state index is 0.136. The number of benzene rings is 3. The summed E-state index contributed by atoms with van der Waals surface area (Å²) in [5.74, 6) is -1.95. The lowest BCUT2D eigenvalue weighted by Gasteiger charge is -2.35. The van der Waals surface area contributed by atoms with Gasteiger partial charge in [0, 0.05) is 12.1 Å². The Morgan fingerprint density at radius 3 is 2.03 bits per heavy atom. The molecular weight excluding hydrogens is 444 g/mol. The summed E-state index contributed by atoms with van der Waals surface area (Å²) < 4.78 is 5.32. The van der Waals surface area contributed by atoms with Gasteiger partial charge in [-0.2, -0.15) is 0 Å². The van der Waals surface area contributed by atoms with Gasteiger partial charge in [0.25, 0.3) is 17.7 Å². The van der Waals surface area contributed by atoms with Crippen LogP contribution in [0.15, 0.2) is 78.9 Å². The predicted molar refractivity (Wildman–Crippen MR) is 131 cm³/mol. The molecule has 1 aliphatic rings. The second-order valence-corrected chi connectivity index (χ2v) is 9.25. The molecule has 35 heavy (non-hydrogen) atoms. The molecule has 0 N–H and O–H groups in total. The zero-order chi connectivity index (χ0) is 25.2. The molecule has 0 spiro atoms. The molecule has 0 radical (unpaired) electrons. The minimum Gasteiger partial charge on any atom is -0.452 e. The summed E-state index contributed by atoms with van der Waals surface area (Å²) in [4.78, 5) is 53.9.